The molecule has 33 heavy (non-hydrogen) atoms. The maximum absolute atomic E-state index is 12.7. The number of phenols is 1. The number of benzene rings is 2. The second-order valence-electron chi connectivity index (χ2n) is 11.1. The van der Waals surface area contributed by atoms with E-state index in [4.69, 9.17) is 4.98 Å². The second-order valence-corrected chi connectivity index (χ2v) is 11.1. The highest BCUT2D eigenvalue weighted by Gasteiger charge is 2.64. The first-order valence-electron chi connectivity index (χ1n) is 12.7. The summed E-state index contributed by atoms with van der Waals surface area (Å²) in [6.45, 7) is 2.13. The molecule has 170 valence electrons. The largest absolute Gasteiger partial charge is 0.508 e. The van der Waals surface area contributed by atoms with Crippen LogP contribution in [0, 0.1) is 5.92 Å². The number of piperidine rings is 1. The summed E-state index contributed by atoms with van der Waals surface area (Å²) in [5.74, 6) is 1.07. The molecule has 0 spiro atoms. The fourth-order valence-corrected chi connectivity index (χ4v) is 7.84. The topological polar surface area (TPSA) is 56.6 Å². The van der Waals surface area contributed by atoms with Gasteiger partial charge in [-0.25, -0.2) is 0 Å². The molecule has 3 aromatic rings. The molecule has 1 saturated carbocycles. The number of hydrogen-bond donors (Lipinski definition) is 2. The molecule has 1 saturated heterocycles. The summed E-state index contributed by atoms with van der Waals surface area (Å²) in [5, 5.41) is 24.3. The van der Waals surface area contributed by atoms with Crippen LogP contribution in [0.1, 0.15) is 54.5 Å². The Hall–Kier alpha value is -2.43. The first-order chi connectivity index (χ1) is 16.1. The standard InChI is InChI=1S/C29H32N2O2/c32-23-10-9-20-14-27-29(33)16-22-13-21-7-3-4-8-25(21)30-26(22)17-28(29,24(20)15-23)11-12-31(27)18-19-5-1-2-6-19/h3-4,7-10,13,15,19,27,32-33H,1-2,5-6,11-12,14,16-18H2/t27-,28-,29-/m1/s1. The Morgan fingerprint density at radius 1 is 1.00 bits per heavy atom. The predicted octanol–water partition coefficient (Wildman–Crippen LogP) is 4.53. The minimum absolute atomic E-state index is 0.114. The van der Waals surface area contributed by atoms with E-state index >= 15 is 0 Å². The zero-order chi connectivity index (χ0) is 22.2. The van der Waals surface area contributed by atoms with Crippen molar-refractivity contribution in [3.8, 4) is 5.75 Å². The van der Waals surface area contributed by atoms with Crippen LogP contribution in [0.4, 0.5) is 0 Å². The second kappa shape index (κ2) is 7.04. The van der Waals surface area contributed by atoms with E-state index < -0.39 is 11.0 Å². The highest BCUT2D eigenvalue weighted by atomic mass is 16.3. The average molecular weight is 441 g/mol. The lowest BCUT2D eigenvalue weighted by Gasteiger charge is -2.64. The molecule has 2 aromatic carbocycles. The van der Waals surface area contributed by atoms with E-state index in [1.807, 2.05) is 18.2 Å². The number of nitrogens with zero attached hydrogens (tertiary/aromatic N) is 2. The molecular weight excluding hydrogens is 408 g/mol. The molecule has 4 heteroatoms. The van der Waals surface area contributed by atoms with Gasteiger partial charge in [-0.15, -0.1) is 0 Å². The molecule has 4 nitrogen and oxygen atoms in total. The molecule has 2 N–H and O–H groups in total. The van der Waals surface area contributed by atoms with E-state index in [0.29, 0.717) is 12.2 Å². The van der Waals surface area contributed by atoms with Crippen molar-refractivity contribution in [3.05, 3.63) is 70.9 Å². The van der Waals surface area contributed by atoms with Crippen LogP contribution in [0.2, 0.25) is 0 Å². The van der Waals surface area contributed by atoms with Gasteiger partial charge in [-0.3, -0.25) is 9.88 Å². The predicted molar refractivity (Wildman–Crippen MR) is 130 cm³/mol. The van der Waals surface area contributed by atoms with E-state index in [1.54, 1.807) is 0 Å². The summed E-state index contributed by atoms with van der Waals surface area (Å²) in [4.78, 5) is 7.72. The van der Waals surface area contributed by atoms with E-state index in [9.17, 15) is 10.2 Å². The van der Waals surface area contributed by atoms with Gasteiger partial charge in [0.05, 0.1) is 11.1 Å². The summed E-state index contributed by atoms with van der Waals surface area (Å²) in [7, 11) is 0. The summed E-state index contributed by atoms with van der Waals surface area (Å²) in [5.41, 5.74) is 4.56. The highest BCUT2D eigenvalue weighted by molar-refractivity contribution is 5.79. The Labute approximate surface area is 195 Å². The van der Waals surface area contributed by atoms with E-state index in [1.165, 1.54) is 36.8 Å². The van der Waals surface area contributed by atoms with Gasteiger partial charge in [0, 0.05) is 41.9 Å². The van der Waals surface area contributed by atoms with Crippen molar-refractivity contribution in [1.29, 1.82) is 0 Å². The van der Waals surface area contributed by atoms with Crippen molar-refractivity contribution in [2.24, 2.45) is 5.92 Å². The minimum Gasteiger partial charge on any atom is -0.508 e. The highest BCUT2D eigenvalue weighted by Crippen LogP contribution is 2.57. The molecule has 0 amide bonds. The van der Waals surface area contributed by atoms with Gasteiger partial charge in [-0.05, 0) is 79.1 Å². The number of likely N-dealkylation sites (tertiary alicyclic amines) is 1. The molecule has 7 rings (SSSR count). The fraction of sp³-hybridized carbons (Fsp3) is 0.483. The molecular formula is C29H32N2O2. The van der Waals surface area contributed by atoms with Crippen molar-refractivity contribution in [1.82, 2.24) is 9.88 Å². The van der Waals surface area contributed by atoms with Crippen LogP contribution < -0.4 is 0 Å². The SMILES string of the molecule is Oc1ccc2c(c1)[C@]13CCN(CC4CCCC4)[C@H](C2)[C@]1(O)Cc1cc2ccccc2nc1C3. The maximum atomic E-state index is 12.7. The van der Waals surface area contributed by atoms with Crippen molar-refractivity contribution in [2.45, 2.75) is 68.4 Å². The van der Waals surface area contributed by atoms with Gasteiger partial charge in [-0.1, -0.05) is 37.1 Å². The zero-order valence-electron chi connectivity index (χ0n) is 19.1. The summed E-state index contributed by atoms with van der Waals surface area (Å²) < 4.78 is 0. The fourth-order valence-electron chi connectivity index (χ4n) is 7.84. The Kier molecular flexibility index (Phi) is 4.26. The Bertz CT molecular complexity index is 1250. The van der Waals surface area contributed by atoms with E-state index in [0.717, 1.165) is 60.4 Å². The van der Waals surface area contributed by atoms with Gasteiger partial charge >= 0.3 is 0 Å². The quantitative estimate of drug-likeness (QED) is 0.615. The molecule has 4 aliphatic rings. The number of phenolic OH excluding ortho intramolecular Hbond substituents is 1. The maximum Gasteiger partial charge on any atom is 0.115 e. The van der Waals surface area contributed by atoms with Crippen molar-refractivity contribution in [3.63, 3.8) is 0 Å². The van der Waals surface area contributed by atoms with Crippen LogP contribution in [0.3, 0.4) is 0 Å². The number of rotatable bonds is 2. The third kappa shape index (κ3) is 2.80. The van der Waals surface area contributed by atoms with Crippen LogP contribution in [0.15, 0.2) is 48.5 Å². The van der Waals surface area contributed by atoms with Gasteiger partial charge in [0.1, 0.15) is 5.75 Å². The van der Waals surface area contributed by atoms with Crippen LogP contribution >= 0.6 is 0 Å². The van der Waals surface area contributed by atoms with E-state index in [2.05, 4.69) is 35.2 Å². The lowest BCUT2D eigenvalue weighted by atomic mass is 9.49. The minimum atomic E-state index is -0.845. The first-order valence-corrected chi connectivity index (χ1v) is 12.7. The smallest absolute Gasteiger partial charge is 0.115 e. The Morgan fingerprint density at radius 3 is 2.73 bits per heavy atom. The molecule has 2 fully saturated rings. The summed E-state index contributed by atoms with van der Waals surface area (Å²) >= 11 is 0. The summed E-state index contributed by atoms with van der Waals surface area (Å²) in [6.07, 6.45) is 8.52. The number of aliphatic hydroxyl groups is 1. The number of aromatic nitrogens is 1. The average Bonchev–Trinajstić information content (AvgIpc) is 3.32. The third-order valence-corrected chi connectivity index (χ3v) is 9.46. The molecule has 3 aliphatic carbocycles. The normalized spacial score (nSPS) is 31.2. The number of pyridine rings is 1. The Balaban J connectivity index is 1.39. The molecule has 0 radical (unpaired) electrons. The first kappa shape index (κ1) is 20.0. The third-order valence-electron chi connectivity index (χ3n) is 9.46. The zero-order valence-corrected chi connectivity index (χ0v) is 19.1. The number of aromatic hydroxyl groups is 1. The van der Waals surface area contributed by atoms with Crippen LogP contribution in [0.25, 0.3) is 10.9 Å². The monoisotopic (exact) mass is 440 g/mol. The van der Waals surface area contributed by atoms with E-state index in [-0.39, 0.29) is 6.04 Å². The van der Waals surface area contributed by atoms with Crippen LogP contribution in [-0.2, 0) is 24.7 Å². The molecule has 2 heterocycles. The van der Waals surface area contributed by atoms with Crippen LogP contribution in [-0.4, -0.2) is 44.8 Å². The van der Waals surface area contributed by atoms with Gasteiger partial charge in [0.25, 0.3) is 0 Å². The molecule has 3 atom stereocenters. The number of para-hydroxylation sites is 1. The van der Waals surface area contributed by atoms with Gasteiger partial charge in [0.2, 0.25) is 0 Å². The molecule has 2 bridgehead atoms. The molecule has 0 unspecified atom stereocenters. The van der Waals surface area contributed by atoms with Gasteiger partial charge in [-0.2, -0.15) is 0 Å². The Morgan fingerprint density at radius 2 is 1.85 bits per heavy atom. The molecule has 1 aromatic heterocycles. The van der Waals surface area contributed by atoms with Crippen molar-refractivity contribution >= 4 is 10.9 Å². The van der Waals surface area contributed by atoms with Crippen LogP contribution in [0.5, 0.6) is 5.75 Å². The van der Waals surface area contributed by atoms with Crippen molar-refractivity contribution < 1.29 is 10.2 Å². The number of hydrogen-bond acceptors (Lipinski definition) is 4. The summed E-state index contributed by atoms with van der Waals surface area (Å²) in [6, 6.07) is 16.6. The lowest BCUT2D eigenvalue weighted by Crippen LogP contribution is -2.74. The van der Waals surface area contributed by atoms with Crippen molar-refractivity contribution in [2.75, 3.05) is 13.1 Å². The van der Waals surface area contributed by atoms with Gasteiger partial charge < -0.3 is 10.2 Å². The lowest BCUT2D eigenvalue weighted by molar-refractivity contribution is -0.153. The van der Waals surface area contributed by atoms with Gasteiger partial charge in [0.15, 0.2) is 0 Å². The molecule has 1 aliphatic heterocycles. The number of fused-ring (bicyclic) bond motifs is 3.